The molecule has 0 amide bonds. The molecule has 4 aromatic carbocycles. The second-order valence-corrected chi connectivity index (χ2v) is 7.92. The molecule has 0 spiro atoms. The van der Waals surface area contributed by atoms with Gasteiger partial charge in [-0.3, -0.25) is 10.4 Å². The largest absolute Gasteiger partial charge is 0.311 e. The highest BCUT2D eigenvalue weighted by Gasteiger charge is 2.11. The lowest BCUT2D eigenvalue weighted by atomic mass is 10.1. The van der Waals surface area contributed by atoms with Gasteiger partial charge in [0.2, 0.25) is 0 Å². The topological polar surface area (TPSA) is 40.5 Å². The Bertz CT molecular complexity index is 1350. The molecule has 0 saturated carbocycles. The van der Waals surface area contributed by atoms with Crippen LogP contribution < -0.4 is 10.3 Å². The Morgan fingerprint density at radius 3 is 2.03 bits per heavy atom. The summed E-state index contributed by atoms with van der Waals surface area (Å²) in [7, 11) is 0. The third kappa shape index (κ3) is 4.71. The molecule has 5 rings (SSSR count). The highest BCUT2D eigenvalue weighted by Crippen LogP contribution is 2.34. The number of hydrogen-bond acceptors (Lipinski definition) is 4. The van der Waals surface area contributed by atoms with Gasteiger partial charge in [0.1, 0.15) is 0 Å². The summed E-state index contributed by atoms with van der Waals surface area (Å²) in [6, 6.07) is 36.6. The average molecular weight is 449 g/mol. The van der Waals surface area contributed by atoms with Crippen LogP contribution in [0.5, 0.6) is 0 Å². The number of hydrogen-bond donors (Lipinski definition) is 1. The number of anilines is 4. The third-order valence-corrected chi connectivity index (χ3v) is 5.52. The molecule has 0 saturated heterocycles. The van der Waals surface area contributed by atoms with Crippen LogP contribution in [0.25, 0.3) is 10.9 Å². The van der Waals surface area contributed by atoms with Crippen LogP contribution in [-0.2, 0) is 0 Å². The first-order chi connectivity index (χ1) is 16.3. The highest BCUT2D eigenvalue weighted by atomic mass is 35.5. The highest BCUT2D eigenvalue weighted by molar-refractivity contribution is 6.31. The monoisotopic (exact) mass is 448 g/mol. The van der Waals surface area contributed by atoms with Gasteiger partial charge in [-0.2, -0.15) is 5.10 Å². The molecule has 0 fully saturated rings. The van der Waals surface area contributed by atoms with E-state index >= 15 is 0 Å². The predicted molar refractivity (Wildman–Crippen MR) is 139 cm³/mol. The average Bonchev–Trinajstić information content (AvgIpc) is 2.86. The van der Waals surface area contributed by atoms with E-state index in [9.17, 15) is 0 Å². The molecule has 0 atom stereocenters. The van der Waals surface area contributed by atoms with Gasteiger partial charge in [0, 0.05) is 33.7 Å². The van der Waals surface area contributed by atoms with E-state index < -0.39 is 0 Å². The molecule has 33 heavy (non-hydrogen) atoms. The van der Waals surface area contributed by atoms with Crippen molar-refractivity contribution in [1.82, 2.24) is 4.98 Å². The van der Waals surface area contributed by atoms with E-state index in [1.54, 1.807) is 12.4 Å². The van der Waals surface area contributed by atoms with Crippen molar-refractivity contribution in [3.63, 3.8) is 0 Å². The van der Waals surface area contributed by atoms with Gasteiger partial charge in [-0.15, -0.1) is 0 Å². The van der Waals surface area contributed by atoms with E-state index in [-0.39, 0.29) is 0 Å². The van der Waals surface area contributed by atoms with Crippen molar-refractivity contribution in [2.45, 2.75) is 0 Å². The second-order valence-electron chi connectivity index (χ2n) is 7.49. The molecule has 0 unspecified atom stereocenters. The van der Waals surface area contributed by atoms with Gasteiger partial charge in [-0.05, 0) is 66.2 Å². The zero-order valence-corrected chi connectivity index (χ0v) is 18.5. The summed E-state index contributed by atoms with van der Waals surface area (Å²) in [5.41, 5.74) is 9.12. The molecule has 0 bridgehead atoms. The summed E-state index contributed by atoms with van der Waals surface area (Å²) in [6.07, 6.45) is 3.55. The summed E-state index contributed by atoms with van der Waals surface area (Å²) in [6.45, 7) is 0. The number of fused-ring (bicyclic) bond motifs is 1. The molecule has 5 aromatic rings. The standard InChI is InChI=1S/C28H21ClN4/c29-22-13-16-26-27(17-18-30-28(26)19-22)32-31-20-21-11-14-25(15-12-21)33(23-7-3-1-4-8-23)24-9-5-2-6-10-24/h1-20H,(H,30,32). The first-order valence-corrected chi connectivity index (χ1v) is 11.0. The van der Waals surface area contributed by atoms with Crippen LogP contribution in [0.3, 0.4) is 0 Å². The zero-order chi connectivity index (χ0) is 22.5. The minimum absolute atomic E-state index is 0.663. The lowest BCUT2D eigenvalue weighted by Crippen LogP contribution is -2.09. The number of hydrazone groups is 1. The molecule has 1 N–H and O–H groups in total. The fourth-order valence-electron chi connectivity index (χ4n) is 3.71. The molecule has 0 aliphatic carbocycles. The number of benzene rings is 4. The quantitative estimate of drug-likeness (QED) is 0.213. The fraction of sp³-hybridized carbons (Fsp3) is 0. The van der Waals surface area contributed by atoms with E-state index in [1.807, 2.05) is 36.4 Å². The first kappa shape index (κ1) is 20.7. The second kappa shape index (κ2) is 9.55. The molecule has 0 radical (unpaired) electrons. The van der Waals surface area contributed by atoms with Gasteiger partial charge in [0.25, 0.3) is 0 Å². The Balaban J connectivity index is 1.37. The van der Waals surface area contributed by atoms with Gasteiger partial charge >= 0.3 is 0 Å². The number of halogens is 1. The minimum atomic E-state index is 0.663. The van der Waals surface area contributed by atoms with Gasteiger partial charge in [0.05, 0.1) is 17.4 Å². The summed E-state index contributed by atoms with van der Waals surface area (Å²) < 4.78 is 0. The van der Waals surface area contributed by atoms with E-state index in [1.165, 1.54) is 0 Å². The van der Waals surface area contributed by atoms with E-state index in [2.05, 4.69) is 93.2 Å². The Hall–Kier alpha value is -4.15. The van der Waals surface area contributed by atoms with Crippen molar-refractivity contribution in [3.8, 4) is 0 Å². The maximum atomic E-state index is 6.08. The fourth-order valence-corrected chi connectivity index (χ4v) is 3.87. The van der Waals surface area contributed by atoms with Crippen LogP contribution in [0.2, 0.25) is 5.02 Å². The summed E-state index contributed by atoms with van der Waals surface area (Å²) in [5.74, 6) is 0. The molecule has 4 nitrogen and oxygen atoms in total. The molecule has 1 aromatic heterocycles. The number of nitrogens with one attached hydrogen (secondary N) is 1. The Labute approximate surface area is 197 Å². The first-order valence-electron chi connectivity index (χ1n) is 10.6. The lowest BCUT2D eigenvalue weighted by molar-refractivity contribution is 1.28. The SMILES string of the molecule is Clc1ccc2c(NN=Cc3ccc(N(c4ccccc4)c4ccccc4)cc3)ccnc2c1. The van der Waals surface area contributed by atoms with Crippen LogP contribution >= 0.6 is 11.6 Å². The Morgan fingerprint density at radius 1 is 0.727 bits per heavy atom. The Morgan fingerprint density at radius 2 is 1.36 bits per heavy atom. The Kier molecular flexibility index (Phi) is 6.00. The lowest BCUT2D eigenvalue weighted by Gasteiger charge is -2.25. The van der Waals surface area contributed by atoms with Gasteiger partial charge in [-0.25, -0.2) is 0 Å². The van der Waals surface area contributed by atoms with Crippen LogP contribution in [0.1, 0.15) is 5.56 Å². The van der Waals surface area contributed by atoms with Crippen molar-refractivity contribution in [2.75, 3.05) is 10.3 Å². The predicted octanol–water partition coefficient (Wildman–Crippen LogP) is 7.80. The van der Waals surface area contributed by atoms with Crippen molar-refractivity contribution in [1.29, 1.82) is 0 Å². The number of pyridine rings is 1. The molecule has 1 heterocycles. The third-order valence-electron chi connectivity index (χ3n) is 5.28. The zero-order valence-electron chi connectivity index (χ0n) is 17.8. The van der Waals surface area contributed by atoms with Crippen LogP contribution in [0, 0.1) is 0 Å². The van der Waals surface area contributed by atoms with Gasteiger partial charge in [0.15, 0.2) is 0 Å². The molecular weight excluding hydrogens is 428 g/mol. The molecule has 5 heteroatoms. The maximum absolute atomic E-state index is 6.08. The summed E-state index contributed by atoms with van der Waals surface area (Å²) in [5, 5.41) is 6.06. The van der Waals surface area contributed by atoms with Gasteiger partial charge < -0.3 is 4.90 Å². The van der Waals surface area contributed by atoms with E-state index in [0.29, 0.717) is 5.02 Å². The van der Waals surface area contributed by atoms with E-state index in [0.717, 1.165) is 39.2 Å². The summed E-state index contributed by atoms with van der Waals surface area (Å²) in [4.78, 5) is 6.59. The molecule has 0 aliphatic rings. The van der Waals surface area contributed by atoms with Crippen LogP contribution in [0.15, 0.2) is 120 Å². The maximum Gasteiger partial charge on any atom is 0.0738 e. The van der Waals surface area contributed by atoms with Crippen molar-refractivity contribution < 1.29 is 0 Å². The van der Waals surface area contributed by atoms with Crippen molar-refractivity contribution >= 4 is 51.5 Å². The molecule has 160 valence electrons. The number of nitrogens with zero attached hydrogens (tertiary/aromatic N) is 3. The van der Waals surface area contributed by atoms with Crippen molar-refractivity contribution in [3.05, 3.63) is 126 Å². The minimum Gasteiger partial charge on any atom is -0.311 e. The van der Waals surface area contributed by atoms with Crippen molar-refractivity contribution in [2.24, 2.45) is 5.10 Å². The number of aromatic nitrogens is 1. The molecular formula is C28H21ClN4. The van der Waals surface area contributed by atoms with E-state index in [4.69, 9.17) is 11.6 Å². The van der Waals surface area contributed by atoms with Crippen LogP contribution in [-0.4, -0.2) is 11.2 Å². The van der Waals surface area contributed by atoms with Gasteiger partial charge in [-0.1, -0.05) is 60.1 Å². The summed E-state index contributed by atoms with van der Waals surface area (Å²) >= 11 is 6.08. The number of para-hydroxylation sites is 2. The smallest absolute Gasteiger partial charge is 0.0738 e. The van der Waals surface area contributed by atoms with Crippen LogP contribution in [0.4, 0.5) is 22.7 Å². The molecule has 0 aliphatic heterocycles. The number of rotatable bonds is 6. The normalized spacial score (nSPS) is 11.1.